The molecule has 23 nitrogen and oxygen atoms in total. The molecule has 25 heteroatoms. The van der Waals surface area contributed by atoms with E-state index in [-0.39, 0.29) is 52.2 Å². The predicted molar refractivity (Wildman–Crippen MR) is 216 cm³/mol. The number of hydrogen-bond donors (Lipinski definition) is 12. The summed E-state index contributed by atoms with van der Waals surface area (Å²) in [5.41, 5.74) is 1.15. The van der Waals surface area contributed by atoms with Gasteiger partial charge >= 0.3 is 37.6 Å². The van der Waals surface area contributed by atoms with E-state index < -0.39 is 112 Å². The molecule has 3 aromatic rings. The summed E-state index contributed by atoms with van der Waals surface area (Å²) in [6.45, 7) is -1.16. The molecule has 0 aromatic heterocycles. The summed E-state index contributed by atoms with van der Waals surface area (Å²) in [6.07, 6.45) is -2.74. The van der Waals surface area contributed by atoms with Gasteiger partial charge in [-0.2, -0.15) is 0 Å². The maximum Gasteiger partial charge on any atom is 0.403 e. The van der Waals surface area contributed by atoms with Crippen LogP contribution >= 0.6 is 19.5 Å². The van der Waals surface area contributed by atoms with Crippen LogP contribution in [-0.4, -0.2) is 125 Å². The zero-order valence-electron chi connectivity index (χ0n) is 32.6. The second-order valence-electron chi connectivity index (χ2n) is 13.6. The van der Waals surface area contributed by atoms with Gasteiger partial charge < -0.3 is 61.3 Å². The van der Waals surface area contributed by atoms with Crippen LogP contribution in [0.3, 0.4) is 0 Å². The number of aromatic carboxylic acids is 1. The Labute approximate surface area is 360 Å². The largest absolute Gasteiger partial charge is 0.508 e. The number of ether oxygens (including phenoxy) is 1. The number of thioether (sulfide) groups is 1. The molecule has 0 saturated carbocycles. The van der Waals surface area contributed by atoms with Crippen LogP contribution in [0.5, 0.6) is 23.0 Å². The van der Waals surface area contributed by atoms with Gasteiger partial charge in [-0.05, 0) is 42.7 Å². The molecule has 0 spiro atoms. The molecule has 4 rings (SSSR count). The lowest BCUT2D eigenvalue weighted by Gasteiger charge is -2.29. The van der Waals surface area contributed by atoms with Gasteiger partial charge in [0, 0.05) is 59.8 Å². The SMILES string of the molecule is O=C(O)CC[C@H](NP(=O)(O)OC[C@H](NC(=O)CC[C@H](NC(=O)CCSCNC(=O)c1ccc(C2c3ccc(O)cc3Oc3cc(O)ccc32)c(C(=O)O)c1)C(=O)O)C(=O)O)C(=O)O. The van der Waals surface area contributed by atoms with Crippen molar-refractivity contribution in [3.8, 4) is 23.0 Å². The maximum atomic E-state index is 13.0. The minimum absolute atomic E-state index is 0.00167. The van der Waals surface area contributed by atoms with E-state index >= 15 is 0 Å². The van der Waals surface area contributed by atoms with Crippen molar-refractivity contribution >= 4 is 67.1 Å². The molecule has 0 saturated heterocycles. The molecule has 0 aliphatic carbocycles. The number of carbonyl (C=O) groups is 8. The first-order chi connectivity index (χ1) is 29.6. The second-order valence-corrected chi connectivity index (χ2v) is 16.3. The van der Waals surface area contributed by atoms with Crippen molar-refractivity contribution in [2.24, 2.45) is 0 Å². The van der Waals surface area contributed by atoms with Crippen LogP contribution in [0.25, 0.3) is 0 Å². The molecule has 0 radical (unpaired) electrons. The number of carboxylic acids is 5. The van der Waals surface area contributed by atoms with Crippen LogP contribution in [0.4, 0.5) is 0 Å². The number of rotatable bonds is 24. The Morgan fingerprint density at radius 2 is 1.24 bits per heavy atom. The van der Waals surface area contributed by atoms with Gasteiger partial charge in [-0.15, -0.1) is 11.8 Å². The minimum atomic E-state index is -5.04. The third kappa shape index (κ3) is 14.2. The number of aromatic hydroxyl groups is 2. The number of aliphatic carboxylic acids is 4. The quantitative estimate of drug-likeness (QED) is 0.0271. The van der Waals surface area contributed by atoms with E-state index in [4.69, 9.17) is 14.9 Å². The fourth-order valence-electron chi connectivity index (χ4n) is 6.07. The number of phenols is 2. The number of phenolic OH excluding ortho intramolecular Hbond substituents is 2. The fourth-order valence-corrected chi connectivity index (χ4v) is 7.84. The number of amides is 3. The van der Waals surface area contributed by atoms with Gasteiger partial charge in [-0.1, -0.05) is 18.2 Å². The zero-order valence-corrected chi connectivity index (χ0v) is 34.3. The van der Waals surface area contributed by atoms with E-state index in [1.807, 2.05) is 5.32 Å². The lowest BCUT2D eigenvalue weighted by atomic mass is 9.80. The van der Waals surface area contributed by atoms with Gasteiger partial charge in [0.05, 0.1) is 18.0 Å². The summed E-state index contributed by atoms with van der Waals surface area (Å²) in [6, 6.07) is 7.35. The van der Waals surface area contributed by atoms with Gasteiger partial charge in [0.2, 0.25) is 11.8 Å². The van der Waals surface area contributed by atoms with Crippen molar-refractivity contribution in [1.82, 2.24) is 21.0 Å². The van der Waals surface area contributed by atoms with Gasteiger partial charge in [0.15, 0.2) is 6.04 Å². The molecule has 1 unspecified atom stereocenters. The minimum Gasteiger partial charge on any atom is -0.508 e. The fraction of sp³-hybridized carbons (Fsp3) is 0.316. The highest BCUT2D eigenvalue weighted by Gasteiger charge is 2.34. The molecule has 338 valence electrons. The molecule has 0 bridgehead atoms. The van der Waals surface area contributed by atoms with E-state index in [9.17, 15) is 73.3 Å². The number of carboxylic acid groups (broad SMARTS) is 5. The Balaban J connectivity index is 1.25. The van der Waals surface area contributed by atoms with Gasteiger partial charge in [0.25, 0.3) is 5.91 Å². The Hall–Kier alpha value is -6.72. The topological polar surface area (TPSA) is 382 Å². The average Bonchev–Trinajstić information content (AvgIpc) is 3.20. The van der Waals surface area contributed by atoms with Crippen molar-refractivity contribution in [2.45, 2.75) is 56.1 Å². The van der Waals surface area contributed by atoms with E-state index in [2.05, 4.69) is 15.2 Å². The molecule has 1 aliphatic rings. The average molecular weight is 921 g/mol. The summed E-state index contributed by atoms with van der Waals surface area (Å²) < 4.78 is 22.8. The van der Waals surface area contributed by atoms with Crippen LogP contribution in [0.2, 0.25) is 0 Å². The Morgan fingerprint density at radius 3 is 1.79 bits per heavy atom. The first kappa shape index (κ1) is 48.9. The van der Waals surface area contributed by atoms with Crippen molar-refractivity contribution in [3.63, 3.8) is 0 Å². The van der Waals surface area contributed by atoms with Crippen LogP contribution in [-0.2, 0) is 37.9 Å². The standard InChI is InChI=1S/C38H41N4O19PS/c43-19-2-5-22-28(14-19)61-29-15-20(44)3-6-23(29)33(22)21-4-1-18(13-24(21)35(50)51)34(49)39-17-63-12-11-31(46)40-25(36(52)53)7-9-30(45)41-27(38(56)57)16-60-62(58,59)42-26(37(54)55)8-10-32(47)48/h1-6,13-15,25-27,33,43-44H,7-12,16-17H2,(H,39,49)(H,40,46)(H,41,45)(H,47,48)(H,50,51)(H,52,53)(H,54,55)(H,56,57)(H2,42,58,59)/t25-,26-,27-/m0/s1. The summed E-state index contributed by atoms with van der Waals surface area (Å²) in [4.78, 5) is 106. The number of benzene rings is 3. The van der Waals surface area contributed by atoms with Crippen molar-refractivity contribution in [3.05, 3.63) is 82.4 Å². The maximum absolute atomic E-state index is 13.0. The highest BCUT2D eigenvalue weighted by atomic mass is 32.2. The van der Waals surface area contributed by atoms with Crippen molar-refractivity contribution < 1.29 is 92.8 Å². The van der Waals surface area contributed by atoms with Gasteiger partial charge in [0.1, 0.15) is 35.1 Å². The summed E-state index contributed by atoms with van der Waals surface area (Å²) >= 11 is 1.07. The Bertz CT molecular complexity index is 2280. The van der Waals surface area contributed by atoms with Crippen molar-refractivity contribution in [2.75, 3.05) is 18.2 Å². The molecule has 12 N–H and O–H groups in total. The first-order valence-electron chi connectivity index (χ1n) is 18.5. The third-order valence-electron chi connectivity index (χ3n) is 9.11. The Kier molecular flexibility index (Phi) is 17.0. The number of hydrogen-bond acceptors (Lipinski definition) is 14. The predicted octanol–water partition coefficient (Wildman–Crippen LogP) is 1.84. The summed E-state index contributed by atoms with van der Waals surface area (Å²) in [5.74, 6) is -10.6. The number of nitrogens with one attached hydrogen (secondary N) is 4. The highest BCUT2D eigenvalue weighted by Crippen LogP contribution is 2.49. The van der Waals surface area contributed by atoms with E-state index in [0.717, 1.165) is 11.8 Å². The smallest absolute Gasteiger partial charge is 0.403 e. The van der Waals surface area contributed by atoms with Gasteiger partial charge in [-0.25, -0.2) is 24.0 Å². The Morgan fingerprint density at radius 1 is 0.698 bits per heavy atom. The zero-order chi connectivity index (χ0) is 46.6. The molecule has 3 aromatic carbocycles. The van der Waals surface area contributed by atoms with Crippen LogP contribution in [0.15, 0.2) is 54.6 Å². The molecule has 1 heterocycles. The molecule has 0 fully saturated rings. The first-order valence-corrected chi connectivity index (χ1v) is 21.2. The molecule has 63 heavy (non-hydrogen) atoms. The van der Waals surface area contributed by atoms with Gasteiger partial charge in [-0.3, -0.25) is 28.5 Å². The number of carbonyl (C=O) groups excluding carboxylic acids is 3. The van der Waals surface area contributed by atoms with Crippen molar-refractivity contribution in [1.29, 1.82) is 0 Å². The van der Waals surface area contributed by atoms with Crippen LogP contribution in [0, 0.1) is 0 Å². The lowest BCUT2D eigenvalue weighted by molar-refractivity contribution is -0.144. The second kappa shape index (κ2) is 21.9. The highest BCUT2D eigenvalue weighted by molar-refractivity contribution is 7.99. The molecular weight excluding hydrogens is 879 g/mol. The molecule has 4 atom stereocenters. The third-order valence-corrected chi connectivity index (χ3v) is 11.1. The number of fused-ring (bicyclic) bond motifs is 2. The molecule has 3 amide bonds. The summed E-state index contributed by atoms with van der Waals surface area (Å²) in [7, 11) is -5.04. The molecule has 1 aliphatic heterocycles. The monoisotopic (exact) mass is 920 g/mol. The van der Waals surface area contributed by atoms with E-state index in [1.165, 1.54) is 42.5 Å². The molecular formula is C38H41N4O19PS. The lowest BCUT2D eigenvalue weighted by Crippen LogP contribution is -2.46. The normalized spacial score (nSPS) is 14.2. The summed E-state index contributed by atoms with van der Waals surface area (Å²) in [5, 5.41) is 75.6. The van der Waals surface area contributed by atoms with Crippen LogP contribution in [0.1, 0.15) is 75.4 Å². The van der Waals surface area contributed by atoms with E-state index in [1.54, 1.807) is 17.2 Å². The van der Waals surface area contributed by atoms with E-state index in [0.29, 0.717) is 16.7 Å². The van der Waals surface area contributed by atoms with Crippen LogP contribution < -0.4 is 25.8 Å².